The van der Waals surface area contributed by atoms with Crippen LogP contribution in [0.2, 0.25) is 0 Å². The molecule has 5 rings (SSSR count). The summed E-state index contributed by atoms with van der Waals surface area (Å²) >= 11 is 0. The van der Waals surface area contributed by atoms with Crippen molar-refractivity contribution in [2.45, 2.75) is 51.4 Å². The Balaban J connectivity index is 1.44. The Morgan fingerprint density at radius 3 is 2.77 bits per heavy atom. The van der Waals surface area contributed by atoms with Gasteiger partial charge in [0.1, 0.15) is 5.75 Å². The van der Waals surface area contributed by atoms with Gasteiger partial charge in [0.15, 0.2) is 6.29 Å². The zero-order chi connectivity index (χ0) is 20.7. The largest absolute Gasteiger partial charge is 0.497 e. The van der Waals surface area contributed by atoms with E-state index in [9.17, 15) is 0 Å². The normalized spacial score (nSPS) is 36.0. The van der Waals surface area contributed by atoms with Gasteiger partial charge in [0, 0.05) is 18.4 Å². The molecule has 1 aromatic heterocycles. The highest BCUT2D eigenvalue weighted by molar-refractivity contribution is 5.81. The highest BCUT2D eigenvalue weighted by Gasteiger charge is 2.53. The lowest BCUT2D eigenvalue weighted by atomic mass is 9.57. The standard InChI is InChI=1S/C26H33NO3/c1-16-25-22(21-7-5-4-6-17(21)15-23(25)26(29-3)30-16)12-10-19-9-8-18-14-20(28-2)11-13-24(18)27-19/h8-14,16-17,21-23,25-26H,4-7,15H2,1-3H3/b12-10+/t16-,17?,21?,22?,23?,25?,26?/m0/s1. The summed E-state index contributed by atoms with van der Waals surface area (Å²) in [7, 11) is 3.50. The van der Waals surface area contributed by atoms with Crippen molar-refractivity contribution < 1.29 is 14.2 Å². The lowest BCUT2D eigenvalue weighted by Gasteiger charge is -2.47. The SMILES string of the molecule is COc1ccc2nc(/C=C/C3C4CCCCC4CC4C(OC)O[C@@H](C)C34)ccc2c1. The summed E-state index contributed by atoms with van der Waals surface area (Å²) in [6.45, 7) is 2.24. The molecule has 2 aliphatic carbocycles. The molecule has 1 aliphatic heterocycles. The third-order valence-corrected chi connectivity index (χ3v) is 7.86. The van der Waals surface area contributed by atoms with Crippen LogP contribution in [-0.2, 0) is 9.47 Å². The van der Waals surface area contributed by atoms with Gasteiger partial charge >= 0.3 is 0 Å². The number of nitrogens with zero attached hydrogens (tertiary/aromatic N) is 1. The van der Waals surface area contributed by atoms with Crippen LogP contribution in [-0.4, -0.2) is 31.6 Å². The van der Waals surface area contributed by atoms with Crippen molar-refractivity contribution >= 4 is 17.0 Å². The van der Waals surface area contributed by atoms with E-state index < -0.39 is 0 Å². The van der Waals surface area contributed by atoms with Gasteiger partial charge in [0.2, 0.25) is 0 Å². The molecule has 0 N–H and O–H groups in total. The fourth-order valence-electron chi connectivity index (χ4n) is 6.52. The van der Waals surface area contributed by atoms with Crippen LogP contribution in [0, 0.1) is 29.6 Å². The first-order valence-electron chi connectivity index (χ1n) is 11.5. The van der Waals surface area contributed by atoms with Gasteiger partial charge in [-0.3, -0.25) is 0 Å². The van der Waals surface area contributed by atoms with E-state index in [4.69, 9.17) is 19.2 Å². The van der Waals surface area contributed by atoms with E-state index in [1.807, 2.05) is 18.2 Å². The first-order valence-corrected chi connectivity index (χ1v) is 11.5. The Hall–Kier alpha value is -1.91. The number of hydrogen-bond donors (Lipinski definition) is 0. The minimum Gasteiger partial charge on any atom is -0.497 e. The Bertz CT molecular complexity index is 926. The molecule has 2 aromatic rings. The number of allylic oxidation sites excluding steroid dienone is 1. The minimum absolute atomic E-state index is 0.0439. The molecule has 7 atom stereocenters. The number of hydrogen-bond acceptors (Lipinski definition) is 4. The smallest absolute Gasteiger partial charge is 0.160 e. The summed E-state index contributed by atoms with van der Waals surface area (Å²) in [5.74, 6) is 4.02. The van der Waals surface area contributed by atoms with Crippen molar-refractivity contribution in [2.75, 3.05) is 14.2 Å². The van der Waals surface area contributed by atoms with E-state index in [0.29, 0.717) is 17.8 Å². The van der Waals surface area contributed by atoms with Crippen LogP contribution < -0.4 is 4.74 Å². The third-order valence-electron chi connectivity index (χ3n) is 7.86. The maximum Gasteiger partial charge on any atom is 0.160 e. The Morgan fingerprint density at radius 2 is 1.93 bits per heavy atom. The van der Waals surface area contributed by atoms with E-state index >= 15 is 0 Å². The van der Waals surface area contributed by atoms with Crippen molar-refractivity contribution in [1.29, 1.82) is 0 Å². The molecule has 0 amide bonds. The summed E-state index contributed by atoms with van der Waals surface area (Å²) in [6, 6.07) is 10.3. The van der Waals surface area contributed by atoms with Crippen LogP contribution in [0.15, 0.2) is 36.4 Å². The molecular weight excluding hydrogens is 374 g/mol. The van der Waals surface area contributed by atoms with Crippen molar-refractivity contribution in [2.24, 2.45) is 29.6 Å². The molecule has 30 heavy (non-hydrogen) atoms. The molecule has 6 unspecified atom stereocenters. The Morgan fingerprint density at radius 1 is 1.07 bits per heavy atom. The van der Waals surface area contributed by atoms with Crippen LogP contribution in [0.5, 0.6) is 5.75 Å². The van der Waals surface area contributed by atoms with Crippen molar-refractivity contribution in [1.82, 2.24) is 4.98 Å². The van der Waals surface area contributed by atoms with Gasteiger partial charge in [-0.1, -0.05) is 31.4 Å². The fourth-order valence-corrected chi connectivity index (χ4v) is 6.52. The first-order chi connectivity index (χ1) is 14.7. The highest BCUT2D eigenvalue weighted by atomic mass is 16.7. The van der Waals surface area contributed by atoms with Gasteiger partial charge in [-0.05, 0) is 73.8 Å². The fraction of sp³-hybridized carbons (Fsp3) is 0.577. The van der Waals surface area contributed by atoms with Crippen molar-refractivity contribution in [3.8, 4) is 5.75 Å². The van der Waals surface area contributed by atoms with Gasteiger partial charge < -0.3 is 14.2 Å². The number of ether oxygens (including phenoxy) is 3. The average Bonchev–Trinajstić information content (AvgIpc) is 3.11. The molecule has 0 bridgehead atoms. The second-order valence-corrected chi connectivity index (χ2v) is 9.36. The van der Waals surface area contributed by atoms with Gasteiger partial charge in [0.25, 0.3) is 0 Å². The average molecular weight is 408 g/mol. The zero-order valence-electron chi connectivity index (χ0n) is 18.3. The maximum atomic E-state index is 6.24. The van der Waals surface area contributed by atoms with Gasteiger partial charge in [0.05, 0.1) is 24.4 Å². The molecule has 1 aromatic carbocycles. The number of benzene rings is 1. The molecule has 3 fully saturated rings. The van der Waals surface area contributed by atoms with Crippen molar-refractivity contribution in [3.63, 3.8) is 0 Å². The molecule has 2 heterocycles. The Labute approximate surface area is 179 Å². The summed E-state index contributed by atoms with van der Waals surface area (Å²) in [5.41, 5.74) is 2.03. The lowest BCUT2D eigenvalue weighted by Crippen LogP contribution is -2.43. The van der Waals surface area contributed by atoms with E-state index in [2.05, 4.69) is 31.2 Å². The van der Waals surface area contributed by atoms with Crippen LogP contribution >= 0.6 is 0 Å². The van der Waals surface area contributed by atoms with Crippen LogP contribution in [0.25, 0.3) is 17.0 Å². The predicted molar refractivity (Wildman–Crippen MR) is 119 cm³/mol. The predicted octanol–water partition coefficient (Wildman–Crippen LogP) is 5.71. The number of pyridine rings is 1. The molecule has 3 aliphatic rings. The van der Waals surface area contributed by atoms with E-state index in [1.165, 1.54) is 32.1 Å². The molecule has 4 heteroatoms. The number of methoxy groups -OCH3 is 2. The summed E-state index contributed by atoms with van der Waals surface area (Å²) < 4.78 is 17.3. The van der Waals surface area contributed by atoms with Crippen LogP contribution in [0.4, 0.5) is 0 Å². The highest BCUT2D eigenvalue weighted by Crippen LogP contribution is 2.55. The van der Waals surface area contributed by atoms with Gasteiger partial charge in [-0.2, -0.15) is 0 Å². The molecule has 4 nitrogen and oxygen atoms in total. The van der Waals surface area contributed by atoms with Gasteiger partial charge in [-0.15, -0.1) is 0 Å². The third kappa shape index (κ3) is 3.54. The minimum atomic E-state index is -0.0439. The summed E-state index contributed by atoms with van der Waals surface area (Å²) in [6.07, 6.45) is 11.6. The molecular formula is C26H33NO3. The molecule has 1 saturated heterocycles. The lowest BCUT2D eigenvalue weighted by molar-refractivity contribution is -0.132. The van der Waals surface area contributed by atoms with Crippen LogP contribution in [0.3, 0.4) is 0 Å². The summed E-state index contributed by atoms with van der Waals surface area (Å²) in [5, 5.41) is 1.11. The number of fused-ring (bicyclic) bond motifs is 3. The zero-order valence-corrected chi connectivity index (χ0v) is 18.3. The Kier molecular flexibility index (Phi) is 5.55. The molecule has 0 spiro atoms. The quantitative estimate of drug-likeness (QED) is 0.651. The molecule has 160 valence electrons. The second-order valence-electron chi connectivity index (χ2n) is 9.36. The first kappa shape index (κ1) is 20.0. The van der Waals surface area contributed by atoms with Crippen molar-refractivity contribution in [3.05, 3.63) is 42.1 Å². The maximum absolute atomic E-state index is 6.24. The number of rotatable bonds is 4. The van der Waals surface area contributed by atoms with E-state index in [-0.39, 0.29) is 12.4 Å². The molecule has 0 radical (unpaired) electrons. The number of aromatic nitrogens is 1. The van der Waals surface area contributed by atoms with E-state index in [1.54, 1.807) is 14.2 Å². The topological polar surface area (TPSA) is 40.6 Å². The molecule has 2 saturated carbocycles. The summed E-state index contributed by atoms with van der Waals surface area (Å²) in [4.78, 5) is 4.88. The van der Waals surface area contributed by atoms with E-state index in [0.717, 1.165) is 34.2 Å². The second kappa shape index (κ2) is 8.32. The van der Waals surface area contributed by atoms with Crippen LogP contribution in [0.1, 0.15) is 44.7 Å². The monoisotopic (exact) mass is 407 g/mol. The van der Waals surface area contributed by atoms with Gasteiger partial charge in [-0.25, -0.2) is 4.98 Å².